The van der Waals surface area contributed by atoms with Crippen molar-refractivity contribution >= 4 is 28.5 Å². The number of aromatic amines is 1. The van der Waals surface area contributed by atoms with Gasteiger partial charge in [0.15, 0.2) is 0 Å². The number of halogens is 2. The molecule has 30 heavy (non-hydrogen) atoms. The lowest BCUT2D eigenvalue weighted by molar-refractivity contribution is 0.0670. The Kier molecular flexibility index (Phi) is 5.65. The van der Waals surface area contributed by atoms with Gasteiger partial charge in [-0.1, -0.05) is 12.1 Å². The lowest BCUT2D eigenvalue weighted by atomic mass is 9.98. The molecule has 1 aromatic heterocycles. The first-order valence-electron chi connectivity index (χ1n) is 9.86. The van der Waals surface area contributed by atoms with E-state index in [-0.39, 0.29) is 17.6 Å². The lowest BCUT2D eigenvalue weighted by Crippen LogP contribution is -2.44. The number of carbonyl (C=O) groups is 2. The average Bonchev–Trinajstić information content (AvgIpc) is 3.18. The maximum Gasteiger partial charge on any atom is 0.319 e. The topological polar surface area (TPSA) is 77.2 Å². The molecule has 1 saturated heterocycles. The Morgan fingerprint density at radius 2 is 1.97 bits per heavy atom. The minimum absolute atomic E-state index is 0.0991. The summed E-state index contributed by atoms with van der Waals surface area (Å²) in [5.74, 6) is -0.875. The molecule has 2 heterocycles. The van der Waals surface area contributed by atoms with Crippen molar-refractivity contribution in [2.45, 2.75) is 12.8 Å². The maximum absolute atomic E-state index is 13.9. The van der Waals surface area contributed by atoms with Crippen LogP contribution in [0.1, 0.15) is 23.3 Å². The number of carbonyl (C=O) groups excluding carboxylic acids is 2. The minimum Gasteiger partial charge on any atom is -0.350 e. The predicted molar refractivity (Wildman–Crippen MR) is 110 cm³/mol. The van der Waals surface area contributed by atoms with Crippen molar-refractivity contribution in [3.05, 3.63) is 65.9 Å². The van der Waals surface area contributed by atoms with Gasteiger partial charge in [0.1, 0.15) is 17.3 Å². The molecule has 156 valence electrons. The van der Waals surface area contributed by atoms with Crippen LogP contribution < -0.4 is 10.6 Å². The van der Waals surface area contributed by atoms with Gasteiger partial charge >= 0.3 is 6.03 Å². The molecule has 4 rings (SSSR count). The number of hydrogen-bond donors (Lipinski definition) is 3. The molecule has 3 amide bonds. The molecule has 3 N–H and O–H groups in total. The van der Waals surface area contributed by atoms with E-state index in [0.717, 1.165) is 12.8 Å². The van der Waals surface area contributed by atoms with Crippen molar-refractivity contribution in [3.63, 3.8) is 0 Å². The van der Waals surface area contributed by atoms with Gasteiger partial charge in [0.2, 0.25) is 0 Å². The smallest absolute Gasteiger partial charge is 0.319 e. The number of nitrogens with zero attached hydrogens (tertiary/aromatic N) is 1. The van der Waals surface area contributed by atoms with Crippen LogP contribution >= 0.6 is 0 Å². The summed E-state index contributed by atoms with van der Waals surface area (Å²) < 4.78 is 27.1. The maximum atomic E-state index is 13.9. The molecular weight excluding hydrogens is 390 g/mol. The van der Waals surface area contributed by atoms with Crippen LogP contribution in [0.5, 0.6) is 0 Å². The zero-order valence-corrected chi connectivity index (χ0v) is 16.3. The highest BCUT2D eigenvalue weighted by molar-refractivity contribution is 5.98. The number of likely N-dealkylation sites (tertiary alicyclic amines) is 1. The molecule has 1 unspecified atom stereocenters. The highest BCUT2D eigenvalue weighted by Crippen LogP contribution is 2.22. The third kappa shape index (κ3) is 4.42. The van der Waals surface area contributed by atoms with Gasteiger partial charge in [-0.3, -0.25) is 4.79 Å². The SMILES string of the molecule is O=C(NCC1CCCN(C(=O)c2cc3c(F)cccc3[nH]2)C1)Nc1cccc(F)c1. The van der Waals surface area contributed by atoms with Crippen molar-refractivity contribution in [3.8, 4) is 0 Å². The van der Waals surface area contributed by atoms with E-state index in [0.29, 0.717) is 41.9 Å². The number of piperidine rings is 1. The van der Waals surface area contributed by atoms with Crippen molar-refractivity contribution < 1.29 is 18.4 Å². The molecule has 8 heteroatoms. The van der Waals surface area contributed by atoms with Gasteiger partial charge in [-0.05, 0) is 55.2 Å². The van der Waals surface area contributed by atoms with Crippen molar-refractivity contribution in [1.29, 1.82) is 0 Å². The summed E-state index contributed by atoms with van der Waals surface area (Å²) in [6, 6.07) is 11.5. The molecule has 0 aliphatic carbocycles. The van der Waals surface area contributed by atoms with E-state index in [1.165, 1.54) is 24.3 Å². The normalized spacial score (nSPS) is 16.5. The molecule has 6 nitrogen and oxygen atoms in total. The number of urea groups is 1. The Morgan fingerprint density at radius 1 is 1.13 bits per heavy atom. The van der Waals surface area contributed by atoms with Gasteiger partial charge in [0.25, 0.3) is 5.91 Å². The Bertz CT molecular complexity index is 1080. The number of anilines is 1. The van der Waals surface area contributed by atoms with Gasteiger partial charge in [-0.25, -0.2) is 13.6 Å². The second-order valence-corrected chi connectivity index (χ2v) is 7.49. The van der Waals surface area contributed by atoms with E-state index in [1.807, 2.05) is 0 Å². The first-order valence-corrected chi connectivity index (χ1v) is 9.86. The molecule has 0 saturated carbocycles. The molecule has 1 aliphatic rings. The van der Waals surface area contributed by atoms with Crippen LogP contribution in [0.3, 0.4) is 0 Å². The fraction of sp³-hybridized carbons (Fsp3) is 0.273. The van der Waals surface area contributed by atoms with Gasteiger partial charge in [0, 0.05) is 36.2 Å². The van der Waals surface area contributed by atoms with Gasteiger partial charge in [0.05, 0.1) is 0 Å². The number of H-pyrrole nitrogens is 1. The second kappa shape index (κ2) is 8.52. The number of hydrogen-bond acceptors (Lipinski definition) is 2. The molecule has 0 radical (unpaired) electrons. The fourth-order valence-electron chi connectivity index (χ4n) is 3.80. The molecule has 0 bridgehead atoms. The van der Waals surface area contributed by atoms with E-state index in [9.17, 15) is 18.4 Å². The Hall–Kier alpha value is -3.42. The summed E-state index contributed by atoms with van der Waals surface area (Å²) in [4.78, 5) is 29.7. The van der Waals surface area contributed by atoms with Gasteiger partial charge in [-0.2, -0.15) is 0 Å². The standard InChI is InChI=1S/C22H22F2N4O2/c23-15-5-1-6-16(10-15)26-22(30)25-12-14-4-3-9-28(13-14)21(29)20-11-17-18(24)7-2-8-19(17)27-20/h1-2,5-8,10-11,14,27H,3-4,9,12-13H2,(H2,25,26,30). The second-order valence-electron chi connectivity index (χ2n) is 7.49. The van der Waals surface area contributed by atoms with Crippen LogP contribution in [0.4, 0.5) is 19.3 Å². The monoisotopic (exact) mass is 412 g/mol. The Morgan fingerprint density at radius 3 is 2.77 bits per heavy atom. The van der Waals surface area contributed by atoms with E-state index in [2.05, 4.69) is 15.6 Å². The van der Waals surface area contributed by atoms with Crippen molar-refractivity contribution in [2.24, 2.45) is 5.92 Å². The van der Waals surface area contributed by atoms with Crippen molar-refractivity contribution in [1.82, 2.24) is 15.2 Å². The number of rotatable bonds is 4. The summed E-state index contributed by atoms with van der Waals surface area (Å²) in [6.45, 7) is 1.51. The van der Waals surface area contributed by atoms with Crippen LogP contribution in [0.2, 0.25) is 0 Å². The largest absolute Gasteiger partial charge is 0.350 e. The van der Waals surface area contributed by atoms with Gasteiger partial charge < -0.3 is 20.5 Å². The van der Waals surface area contributed by atoms with Gasteiger partial charge in [-0.15, -0.1) is 0 Å². The summed E-state index contributed by atoms with van der Waals surface area (Å²) in [5.41, 5.74) is 1.31. The molecule has 1 aliphatic heterocycles. The average molecular weight is 412 g/mol. The number of amides is 3. The third-order valence-electron chi connectivity index (χ3n) is 5.28. The fourth-order valence-corrected chi connectivity index (χ4v) is 3.80. The highest BCUT2D eigenvalue weighted by atomic mass is 19.1. The molecule has 1 atom stereocenters. The molecule has 0 spiro atoms. The van der Waals surface area contributed by atoms with Crippen LogP contribution in [0.15, 0.2) is 48.5 Å². The van der Waals surface area contributed by atoms with Crippen LogP contribution in [0, 0.1) is 17.6 Å². The first kappa shape index (κ1) is 19.9. The summed E-state index contributed by atoms with van der Waals surface area (Å²) in [5, 5.41) is 5.77. The number of nitrogens with one attached hydrogen (secondary N) is 3. The van der Waals surface area contributed by atoms with E-state index in [4.69, 9.17) is 0 Å². The molecular formula is C22H22F2N4O2. The molecule has 3 aromatic rings. The first-order chi connectivity index (χ1) is 14.5. The third-order valence-corrected chi connectivity index (χ3v) is 5.28. The lowest BCUT2D eigenvalue weighted by Gasteiger charge is -2.32. The summed E-state index contributed by atoms with van der Waals surface area (Å²) in [6.07, 6.45) is 1.70. The predicted octanol–water partition coefficient (Wildman–Crippen LogP) is 4.12. The summed E-state index contributed by atoms with van der Waals surface area (Å²) >= 11 is 0. The van der Waals surface area contributed by atoms with E-state index in [1.54, 1.807) is 29.2 Å². The molecule has 2 aromatic carbocycles. The van der Waals surface area contributed by atoms with Crippen molar-refractivity contribution in [2.75, 3.05) is 25.0 Å². The summed E-state index contributed by atoms with van der Waals surface area (Å²) in [7, 11) is 0. The zero-order valence-electron chi connectivity index (χ0n) is 16.3. The van der Waals surface area contributed by atoms with Crippen LogP contribution in [-0.2, 0) is 0 Å². The Balaban J connectivity index is 1.34. The Labute approximate surface area is 172 Å². The van der Waals surface area contributed by atoms with E-state index < -0.39 is 11.8 Å². The van der Waals surface area contributed by atoms with Crippen LogP contribution in [-0.4, -0.2) is 41.5 Å². The zero-order chi connectivity index (χ0) is 21.1. The van der Waals surface area contributed by atoms with Crippen LogP contribution in [0.25, 0.3) is 10.9 Å². The minimum atomic E-state index is -0.425. The van der Waals surface area contributed by atoms with E-state index >= 15 is 0 Å². The quantitative estimate of drug-likeness (QED) is 0.603. The number of benzene rings is 2. The number of aromatic nitrogens is 1. The highest BCUT2D eigenvalue weighted by Gasteiger charge is 2.26. The molecule has 1 fully saturated rings. The number of fused-ring (bicyclic) bond motifs is 1.